The minimum atomic E-state index is 0.201. The number of H-pyrrole nitrogens is 1. The smallest absolute Gasteiger partial charge is 0.215 e. The number of nitrogens with one attached hydrogen (secondary N) is 1. The Morgan fingerprint density at radius 1 is 1.28 bits per heavy atom. The van der Waals surface area contributed by atoms with E-state index in [0.29, 0.717) is 12.5 Å². The lowest BCUT2D eigenvalue weighted by atomic mass is 9.88. The third-order valence-corrected chi connectivity index (χ3v) is 3.89. The molecule has 18 heavy (non-hydrogen) atoms. The topological polar surface area (TPSA) is 50.8 Å². The van der Waals surface area contributed by atoms with Crippen molar-refractivity contribution in [3.63, 3.8) is 0 Å². The zero-order valence-electron chi connectivity index (χ0n) is 11.0. The highest BCUT2D eigenvalue weighted by atomic mass is 16.5. The first-order valence-corrected chi connectivity index (χ1v) is 6.71. The molecule has 96 valence electrons. The fourth-order valence-corrected chi connectivity index (χ4v) is 2.78. The van der Waals surface area contributed by atoms with Gasteiger partial charge in [0.1, 0.15) is 5.82 Å². The number of hydrogen-bond acceptors (Lipinski definition) is 3. The summed E-state index contributed by atoms with van der Waals surface area (Å²) >= 11 is 0. The number of ether oxygens (including phenoxy) is 1. The van der Waals surface area contributed by atoms with Gasteiger partial charge < -0.3 is 9.72 Å². The number of pyridine rings is 1. The first kappa shape index (κ1) is 11.5. The highest BCUT2D eigenvalue weighted by Crippen LogP contribution is 2.39. The normalized spacial score (nSPS) is 18.3. The van der Waals surface area contributed by atoms with Crippen LogP contribution in [0.5, 0.6) is 5.88 Å². The SMILES string of the molecule is CCOc1ccc2[nH]c(C3(C)CCCC3)nc2n1. The predicted molar refractivity (Wildman–Crippen MR) is 70.9 cm³/mol. The van der Waals surface area contributed by atoms with Crippen LogP contribution in [0.4, 0.5) is 0 Å². The molecule has 4 nitrogen and oxygen atoms in total. The number of aromatic amines is 1. The van der Waals surface area contributed by atoms with E-state index in [-0.39, 0.29) is 5.41 Å². The van der Waals surface area contributed by atoms with Crippen LogP contribution in [0.2, 0.25) is 0 Å². The van der Waals surface area contributed by atoms with E-state index in [0.717, 1.165) is 17.0 Å². The fourth-order valence-electron chi connectivity index (χ4n) is 2.78. The van der Waals surface area contributed by atoms with Gasteiger partial charge in [-0.05, 0) is 25.8 Å². The molecule has 1 aliphatic rings. The van der Waals surface area contributed by atoms with Crippen molar-refractivity contribution < 1.29 is 4.74 Å². The molecule has 4 heteroatoms. The first-order chi connectivity index (χ1) is 8.71. The summed E-state index contributed by atoms with van der Waals surface area (Å²) in [4.78, 5) is 12.5. The average molecular weight is 245 g/mol. The quantitative estimate of drug-likeness (QED) is 0.903. The van der Waals surface area contributed by atoms with E-state index in [1.54, 1.807) is 0 Å². The van der Waals surface area contributed by atoms with E-state index in [1.165, 1.54) is 25.7 Å². The van der Waals surface area contributed by atoms with Crippen molar-refractivity contribution >= 4 is 11.2 Å². The van der Waals surface area contributed by atoms with E-state index >= 15 is 0 Å². The van der Waals surface area contributed by atoms with E-state index < -0.39 is 0 Å². The number of fused-ring (bicyclic) bond motifs is 1. The number of nitrogens with zero attached hydrogens (tertiary/aromatic N) is 2. The van der Waals surface area contributed by atoms with Gasteiger partial charge in [-0.1, -0.05) is 19.8 Å². The zero-order valence-corrected chi connectivity index (χ0v) is 11.0. The van der Waals surface area contributed by atoms with Gasteiger partial charge in [-0.25, -0.2) is 4.98 Å². The minimum absolute atomic E-state index is 0.201. The molecular formula is C14H19N3O. The van der Waals surface area contributed by atoms with Gasteiger partial charge in [0.25, 0.3) is 0 Å². The number of rotatable bonds is 3. The Hall–Kier alpha value is -1.58. The molecule has 0 spiro atoms. The Morgan fingerprint density at radius 3 is 2.78 bits per heavy atom. The molecule has 0 atom stereocenters. The van der Waals surface area contributed by atoms with E-state index in [1.807, 2.05) is 19.1 Å². The summed E-state index contributed by atoms with van der Waals surface area (Å²) in [5.74, 6) is 1.73. The molecule has 0 saturated heterocycles. The second-order valence-electron chi connectivity index (χ2n) is 5.31. The van der Waals surface area contributed by atoms with Gasteiger partial charge in [0.15, 0.2) is 5.65 Å². The van der Waals surface area contributed by atoms with Crippen LogP contribution in [0, 0.1) is 0 Å². The maximum absolute atomic E-state index is 5.41. The molecule has 1 saturated carbocycles. The molecule has 0 radical (unpaired) electrons. The Bertz CT molecular complexity index is 555. The van der Waals surface area contributed by atoms with Crippen molar-refractivity contribution in [3.05, 3.63) is 18.0 Å². The number of imidazole rings is 1. The highest BCUT2D eigenvalue weighted by molar-refractivity contribution is 5.71. The maximum atomic E-state index is 5.41. The van der Waals surface area contributed by atoms with Gasteiger partial charge in [-0.2, -0.15) is 4.98 Å². The van der Waals surface area contributed by atoms with Crippen LogP contribution < -0.4 is 4.74 Å². The summed E-state index contributed by atoms with van der Waals surface area (Å²) in [7, 11) is 0. The van der Waals surface area contributed by atoms with Crippen molar-refractivity contribution in [3.8, 4) is 5.88 Å². The minimum Gasteiger partial charge on any atom is -0.478 e. The molecule has 0 amide bonds. The van der Waals surface area contributed by atoms with E-state index in [4.69, 9.17) is 4.74 Å². The predicted octanol–water partition coefficient (Wildman–Crippen LogP) is 3.19. The Kier molecular flexibility index (Phi) is 2.73. The summed E-state index contributed by atoms with van der Waals surface area (Å²) in [5, 5.41) is 0. The van der Waals surface area contributed by atoms with Gasteiger partial charge in [-0.15, -0.1) is 0 Å². The highest BCUT2D eigenvalue weighted by Gasteiger charge is 2.33. The van der Waals surface area contributed by atoms with Crippen LogP contribution in [0.3, 0.4) is 0 Å². The Balaban J connectivity index is 2.00. The third kappa shape index (κ3) is 1.85. The molecule has 1 fully saturated rings. The molecule has 3 rings (SSSR count). The van der Waals surface area contributed by atoms with Crippen LogP contribution in [-0.2, 0) is 5.41 Å². The molecule has 2 aromatic heterocycles. The van der Waals surface area contributed by atoms with Crippen molar-refractivity contribution in [2.75, 3.05) is 6.61 Å². The summed E-state index contributed by atoms with van der Waals surface area (Å²) in [6, 6.07) is 3.90. The Labute approximate surface area is 107 Å². The fraction of sp³-hybridized carbons (Fsp3) is 0.571. The van der Waals surface area contributed by atoms with Gasteiger partial charge in [0, 0.05) is 11.5 Å². The van der Waals surface area contributed by atoms with Crippen molar-refractivity contribution in [1.82, 2.24) is 15.0 Å². The number of aromatic nitrogens is 3. The molecule has 1 N–H and O–H groups in total. The van der Waals surface area contributed by atoms with Crippen molar-refractivity contribution in [2.45, 2.75) is 44.9 Å². The average Bonchev–Trinajstić information content (AvgIpc) is 2.96. The molecular weight excluding hydrogens is 226 g/mol. The van der Waals surface area contributed by atoms with Crippen LogP contribution in [-0.4, -0.2) is 21.6 Å². The van der Waals surface area contributed by atoms with E-state index in [2.05, 4.69) is 21.9 Å². The summed E-state index contributed by atoms with van der Waals surface area (Å²) in [6.45, 7) is 4.89. The van der Waals surface area contributed by atoms with Gasteiger partial charge >= 0.3 is 0 Å². The molecule has 2 heterocycles. The van der Waals surface area contributed by atoms with Gasteiger partial charge in [0.05, 0.1) is 12.1 Å². The second kappa shape index (κ2) is 4.26. The molecule has 2 aromatic rings. The lowest BCUT2D eigenvalue weighted by Crippen LogP contribution is -2.18. The summed E-state index contributed by atoms with van der Waals surface area (Å²) < 4.78 is 5.41. The maximum Gasteiger partial charge on any atom is 0.215 e. The molecule has 0 bridgehead atoms. The van der Waals surface area contributed by atoms with Crippen LogP contribution in [0.15, 0.2) is 12.1 Å². The number of hydrogen-bond donors (Lipinski definition) is 1. The van der Waals surface area contributed by atoms with Crippen molar-refractivity contribution in [2.24, 2.45) is 0 Å². The largest absolute Gasteiger partial charge is 0.478 e. The lowest BCUT2D eigenvalue weighted by molar-refractivity contribution is 0.328. The second-order valence-corrected chi connectivity index (χ2v) is 5.31. The van der Waals surface area contributed by atoms with E-state index in [9.17, 15) is 0 Å². The van der Waals surface area contributed by atoms with Gasteiger partial charge in [-0.3, -0.25) is 0 Å². The van der Waals surface area contributed by atoms with Crippen LogP contribution in [0.1, 0.15) is 45.4 Å². The Morgan fingerprint density at radius 2 is 2.06 bits per heavy atom. The zero-order chi connectivity index (χ0) is 12.6. The third-order valence-electron chi connectivity index (χ3n) is 3.89. The molecule has 0 aliphatic heterocycles. The summed E-state index contributed by atoms with van der Waals surface area (Å²) in [6.07, 6.45) is 5.02. The molecule has 0 aromatic carbocycles. The van der Waals surface area contributed by atoms with Crippen LogP contribution >= 0.6 is 0 Å². The molecule has 0 unspecified atom stereocenters. The van der Waals surface area contributed by atoms with Crippen molar-refractivity contribution in [1.29, 1.82) is 0 Å². The monoisotopic (exact) mass is 245 g/mol. The molecule has 1 aliphatic carbocycles. The van der Waals surface area contributed by atoms with Gasteiger partial charge in [0.2, 0.25) is 5.88 Å². The first-order valence-electron chi connectivity index (χ1n) is 6.71. The lowest BCUT2D eigenvalue weighted by Gasteiger charge is -2.19. The van der Waals surface area contributed by atoms with Crippen LogP contribution in [0.25, 0.3) is 11.2 Å². The summed E-state index contributed by atoms with van der Waals surface area (Å²) in [5.41, 5.74) is 1.97. The standard InChI is InChI=1S/C14H19N3O/c1-3-18-11-7-6-10-12(16-11)17-13(15-10)14(2)8-4-5-9-14/h6-7H,3-5,8-9H2,1-2H3,(H,15,16,17).